The van der Waals surface area contributed by atoms with Crippen molar-refractivity contribution in [3.63, 3.8) is 0 Å². The minimum Gasteiger partial charge on any atom is -0.340 e. The Balaban J connectivity index is 1.90. The maximum atomic E-state index is 13.1. The molecule has 0 spiro atoms. The number of amides is 2. The normalized spacial score (nSPS) is 17.9. The lowest BCUT2D eigenvalue weighted by atomic mass is 10.1. The van der Waals surface area contributed by atoms with Crippen molar-refractivity contribution < 1.29 is 9.59 Å². The number of pyridine rings is 1. The van der Waals surface area contributed by atoms with E-state index in [2.05, 4.69) is 20.2 Å². The Hall–Kier alpha value is -2.77. The molecule has 1 fully saturated rings. The summed E-state index contributed by atoms with van der Waals surface area (Å²) in [4.78, 5) is 37.8. The van der Waals surface area contributed by atoms with E-state index >= 15 is 0 Å². The Morgan fingerprint density at radius 2 is 2.00 bits per heavy atom. The van der Waals surface area contributed by atoms with Crippen LogP contribution in [-0.4, -0.2) is 61.4 Å². The van der Waals surface area contributed by atoms with E-state index in [1.165, 1.54) is 0 Å². The van der Waals surface area contributed by atoms with E-state index in [-0.39, 0.29) is 17.9 Å². The summed E-state index contributed by atoms with van der Waals surface area (Å²) in [5, 5.41) is 7.13. The van der Waals surface area contributed by atoms with Gasteiger partial charge in [-0.05, 0) is 31.4 Å². The molecule has 3 rings (SSSR count). The molecule has 0 saturated carbocycles. The highest BCUT2D eigenvalue weighted by Gasteiger charge is 2.34. The fourth-order valence-electron chi connectivity index (χ4n) is 3.32. The van der Waals surface area contributed by atoms with E-state index in [0.29, 0.717) is 49.2 Å². The van der Waals surface area contributed by atoms with Crippen LogP contribution in [0.4, 0.5) is 0 Å². The standard InChI is InChI=1S/C19H26N6O2/c1-13(2)11-17(26)24-9-4-10-25(19(27)15-5-7-20-8-6-15)16(12-24)18-21-14(3)22-23-18/h5-8,13,16H,4,9-12H2,1-3H3,(H,21,22,23). The molecular formula is C19H26N6O2. The molecule has 1 N–H and O–H groups in total. The van der Waals surface area contributed by atoms with Crippen molar-refractivity contribution in [2.75, 3.05) is 19.6 Å². The molecular weight excluding hydrogens is 344 g/mol. The topological polar surface area (TPSA) is 95.1 Å². The van der Waals surface area contributed by atoms with E-state index in [1.807, 2.05) is 25.7 Å². The summed E-state index contributed by atoms with van der Waals surface area (Å²) in [6.07, 6.45) is 4.43. The summed E-state index contributed by atoms with van der Waals surface area (Å²) in [6, 6.07) is 3.03. The van der Waals surface area contributed by atoms with Crippen LogP contribution in [0.3, 0.4) is 0 Å². The predicted molar refractivity (Wildman–Crippen MR) is 99.8 cm³/mol. The molecule has 0 aliphatic carbocycles. The van der Waals surface area contributed by atoms with Crippen molar-refractivity contribution in [2.45, 2.75) is 39.7 Å². The van der Waals surface area contributed by atoms with E-state index in [1.54, 1.807) is 29.4 Å². The number of aromatic nitrogens is 4. The predicted octanol–water partition coefficient (Wildman–Crippen LogP) is 1.97. The molecule has 1 unspecified atom stereocenters. The van der Waals surface area contributed by atoms with Crippen LogP contribution >= 0.6 is 0 Å². The average Bonchev–Trinajstić information content (AvgIpc) is 2.95. The molecule has 8 nitrogen and oxygen atoms in total. The van der Waals surface area contributed by atoms with Crippen molar-refractivity contribution in [1.82, 2.24) is 30.0 Å². The van der Waals surface area contributed by atoms with Crippen molar-refractivity contribution in [3.05, 3.63) is 41.7 Å². The Bertz CT molecular complexity index is 789. The van der Waals surface area contributed by atoms with E-state index in [4.69, 9.17) is 0 Å². The molecule has 0 bridgehead atoms. The summed E-state index contributed by atoms with van der Waals surface area (Å²) in [5.41, 5.74) is 0.573. The van der Waals surface area contributed by atoms with Crippen LogP contribution in [0.2, 0.25) is 0 Å². The second-order valence-electron chi connectivity index (χ2n) is 7.32. The van der Waals surface area contributed by atoms with Crippen molar-refractivity contribution in [3.8, 4) is 0 Å². The number of rotatable bonds is 4. The number of aromatic amines is 1. The number of carbonyl (C=O) groups excluding carboxylic acids is 2. The molecule has 144 valence electrons. The molecule has 0 aromatic carbocycles. The van der Waals surface area contributed by atoms with Gasteiger partial charge in [-0.1, -0.05) is 13.8 Å². The van der Waals surface area contributed by atoms with Crippen LogP contribution in [0.1, 0.15) is 54.7 Å². The second kappa shape index (κ2) is 8.28. The highest BCUT2D eigenvalue weighted by Crippen LogP contribution is 2.25. The minimum atomic E-state index is -0.380. The Morgan fingerprint density at radius 1 is 1.26 bits per heavy atom. The van der Waals surface area contributed by atoms with Crippen molar-refractivity contribution in [1.29, 1.82) is 0 Å². The van der Waals surface area contributed by atoms with Crippen LogP contribution in [0.5, 0.6) is 0 Å². The van der Waals surface area contributed by atoms with Crippen LogP contribution in [0, 0.1) is 12.8 Å². The number of H-pyrrole nitrogens is 1. The Morgan fingerprint density at radius 3 is 2.63 bits per heavy atom. The molecule has 27 heavy (non-hydrogen) atoms. The van der Waals surface area contributed by atoms with Gasteiger partial charge < -0.3 is 9.80 Å². The third-order valence-corrected chi connectivity index (χ3v) is 4.63. The number of carbonyl (C=O) groups is 2. The summed E-state index contributed by atoms with van der Waals surface area (Å²) < 4.78 is 0. The SMILES string of the molecule is Cc1nc(C2CN(C(=O)CC(C)C)CCCN2C(=O)c2ccncc2)n[nH]1. The first kappa shape index (κ1) is 19.0. The molecule has 1 aliphatic rings. The second-order valence-corrected chi connectivity index (χ2v) is 7.32. The maximum absolute atomic E-state index is 13.1. The fraction of sp³-hybridized carbons (Fsp3) is 0.526. The number of hydrogen-bond donors (Lipinski definition) is 1. The zero-order valence-corrected chi connectivity index (χ0v) is 16.1. The van der Waals surface area contributed by atoms with Crippen LogP contribution in [-0.2, 0) is 4.79 Å². The fourth-order valence-corrected chi connectivity index (χ4v) is 3.32. The molecule has 1 aliphatic heterocycles. The van der Waals surface area contributed by atoms with Gasteiger partial charge in [0.05, 0.1) is 0 Å². The van der Waals surface area contributed by atoms with Crippen molar-refractivity contribution in [2.24, 2.45) is 5.92 Å². The quantitative estimate of drug-likeness (QED) is 0.888. The third-order valence-electron chi connectivity index (χ3n) is 4.63. The molecule has 2 aromatic rings. The van der Waals surface area contributed by atoms with Gasteiger partial charge in [-0.2, -0.15) is 5.10 Å². The number of hydrogen-bond acceptors (Lipinski definition) is 5. The maximum Gasteiger partial charge on any atom is 0.254 e. The minimum absolute atomic E-state index is 0.0944. The lowest BCUT2D eigenvalue weighted by Crippen LogP contribution is -2.41. The van der Waals surface area contributed by atoms with E-state index in [0.717, 1.165) is 6.42 Å². The van der Waals surface area contributed by atoms with Gasteiger partial charge in [0.15, 0.2) is 5.82 Å². The van der Waals surface area contributed by atoms with Gasteiger partial charge in [0.2, 0.25) is 5.91 Å². The Labute approximate surface area is 159 Å². The monoisotopic (exact) mass is 370 g/mol. The van der Waals surface area contributed by atoms with Gasteiger partial charge in [-0.15, -0.1) is 0 Å². The molecule has 1 saturated heterocycles. The van der Waals surface area contributed by atoms with Gasteiger partial charge >= 0.3 is 0 Å². The molecule has 8 heteroatoms. The summed E-state index contributed by atoms with van der Waals surface area (Å²) in [5.74, 6) is 1.53. The number of nitrogens with zero attached hydrogens (tertiary/aromatic N) is 5. The first-order valence-corrected chi connectivity index (χ1v) is 9.33. The van der Waals surface area contributed by atoms with Crippen LogP contribution in [0.25, 0.3) is 0 Å². The third kappa shape index (κ3) is 4.50. The van der Waals surface area contributed by atoms with Crippen molar-refractivity contribution >= 4 is 11.8 Å². The molecule has 1 atom stereocenters. The Kier molecular flexibility index (Phi) is 5.83. The first-order chi connectivity index (χ1) is 13.0. The summed E-state index contributed by atoms with van der Waals surface area (Å²) >= 11 is 0. The molecule has 2 amide bonds. The first-order valence-electron chi connectivity index (χ1n) is 9.33. The van der Waals surface area contributed by atoms with Gasteiger partial charge in [0, 0.05) is 44.0 Å². The van der Waals surface area contributed by atoms with Gasteiger partial charge in [0.1, 0.15) is 11.9 Å². The highest BCUT2D eigenvalue weighted by atomic mass is 16.2. The average molecular weight is 370 g/mol. The van der Waals surface area contributed by atoms with Gasteiger partial charge in [-0.25, -0.2) is 4.98 Å². The molecule has 2 aromatic heterocycles. The highest BCUT2D eigenvalue weighted by molar-refractivity contribution is 5.94. The number of nitrogens with one attached hydrogen (secondary N) is 1. The lowest BCUT2D eigenvalue weighted by molar-refractivity contribution is -0.132. The molecule has 3 heterocycles. The number of aryl methyl sites for hydroxylation is 1. The summed E-state index contributed by atoms with van der Waals surface area (Å²) in [6.45, 7) is 7.47. The smallest absolute Gasteiger partial charge is 0.254 e. The van der Waals surface area contributed by atoms with Gasteiger partial charge in [-0.3, -0.25) is 19.7 Å². The summed E-state index contributed by atoms with van der Waals surface area (Å²) in [7, 11) is 0. The zero-order valence-electron chi connectivity index (χ0n) is 16.1. The van der Waals surface area contributed by atoms with Crippen LogP contribution < -0.4 is 0 Å². The lowest BCUT2D eigenvalue weighted by Gasteiger charge is -2.30. The van der Waals surface area contributed by atoms with E-state index < -0.39 is 0 Å². The van der Waals surface area contributed by atoms with Crippen LogP contribution in [0.15, 0.2) is 24.5 Å². The zero-order chi connectivity index (χ0) is 19.4. The van der Waals surface area contributed by atoms with Gasteiger partial charge in [0.25, 0.3) is 5.91 Å². The largest absolute Gasteiger partial charge is 0.340 e. The molecule has 0 radical (unpaired) electrons. The van der Waals surface area contributed by atoms with E-state index in [9.17, 15) is 9.59 Å².